The number of pyridine rings is 1. The van der Waals surface area contributed by atoms with Crippen LogP contribution in [0.4, 0.5) is 10.1 Å². The maximum absolute atomic E-state index is 14.4. The molecule has 4 rings (SSSR count). The van der Waals surface area contributed by atoms with Gasteiger partial charge in [0, 0.05) is 42.2 Å². The molecule has 3 heterocycles. The van der Waals surface area contributed by atoms with Crippen LogP contribution in [-0.4, -0.2) is 39.1 Å². The van der Waals surface area contributed by atoms with Gasteiger partial charge in [0.1, 0.15) is 11.5 Å². The van der Waals surface area contributed by atoms with Crippen LogP contribution in [-0.2, 0) is 11.3 Å². The molecule has 0 radical (unpaired) electrons. The van der Waals surface area contributed by atoms with Crippen molar-refractivity contribution in [1.82, 2.24) is 20.0 Å². The SMILES string of the molecule is Cc1ncccc1C(=O)Nc1ccc(F)c(-c2cn(CC3CCOC3)nn2)c1. The van der Waals surface area contributed by atoms with Gasteiger partial charge >= 0.3 is 0 Å². The van der Waals surface area contributed by atoms with Crippen LogP contribution in [0.2, 0.25) is 0 Å². The average molecular weight is 381 g/mol. The number of amides is 1. The highest BCUT2D eigenvalue weighted by molar-refractivity contribution is 6.05. The molecule has 8 heteroatoms. The molecule has 1 amide bonds. The van der Waals surface area contributed by atoms with E-state index < -0.39 is 5.82 Å². The Kier molecular flexibility index (Phi) is 5.12. The molecule has 1 atom stereocenters. The number of ether oxygens (including phenoxy) is 1. The van der Waals surface area contributed by atoms with Crippen molar-refractivity contribution in [2.24, 2.45) is 5.92 Å². The van der Waals surface area contributed by atoms with Gasteiger partial charge in [-0.3, -0.25) is 14.5 Å². The first-order valence-electron chi connectivity index (χ1n) is 9.11. The van der Waals surface area contributed by atoms with E-state index in [4.69, 9.17) is 4.74 Å². The normalized spacial score (nSPS) is 16.3. The lowest BCUT2D eigenvalue weighted by Crippen LogP contribution is -2.14. The molecule has 28 heavy (non-hydrogen) atoms. The van der Waals surface area contributed by atoms with Gasteiger partial charge in [0.2, 0.25) is 0 Å². The lowest BCUT2D eigenvalue weighted by atomic mass is 10.1. The zero-order chi connectivity index (χ0) is 19.5. The molecule has 2 aromatic heterocycles. The Morgan fingerprint density at radius 2 is 2.29 bits per heavy atom. The standard InChI is InChI=1S/C20H20FN5O2/c1-13-16(3-2-7-22-13)20(27)23-15-4-5-18(21)17(9-15)19-11-26(25-24-19)10-14-6-8-28-12-14/h2-5,7,9,11,14H,6,8,10,12H2,1H3,(H,23,27). The molecule has 0 aliphatic carbocycles. The summed E-state index contributed by atoms with van der Waals surface area (Å²) in [4.78, 5) is 16.6. The molecule has 3 aromatic rings. The summed E-state index contributed by atoms with van der Waals surface area (Å²) in [5, 5.41) is 11.0. The summed E-state index contributed by atoms with van der Waals surface area (Å²) in [7, 11) is 0. The van der Waals surface area contributed by atoms with Crippen molar-refractivity contribution in [3.8, 4) is 11.3 Å². The summed E-state index contributed by atoms with van der Waals surface area (Å²) in [6.45, 7) is 3.92. The average Bonchev–Trinajstić information content (AvgIpc) is 3.36. The van der Waals surface area contributed by atoms with Crippen LogP contribution in [0.25, 0.3) is 11.3 Å². The van der Waals surface area contributed by atoms with Gasteiger partial charge in [-0.25, -0.2) is 4.39 Å². The number of anilines is 1. The highest BCUT2D eigenvalue weighted by Crippen LogP contribution is 2.25. The Balaban J connectivity index is 1.53. The highest BCUT2D eigenvalue weighted by atomic mass is 19.1. The maximum Gasteiger partial charge on any atom is 0.257 e. The third kappa shape index (κ3) is 3.91. The number of aryl methyl sites for hydroxylation is 1. The van der Waals surface area contributed by atoms with Crippen LogP contribution in [0.1, 0.15) is 22.5 Å². The van der Waals surface area contributed by atoms with Gasteiger partial charge in [-0.15, -0.1) is 5.10 Å². The van der Waals surface area contributed by atoms with Gasteiger partial charge in [0.15, 0.2) is 0 Å². The molecule has 1 unspecified atom stereocenters. The van der Waals surface area contributed by atoms with Crippen molar-refractivity contribution in [3.05, 3.63) is 59.8 Å². The van der Waals surface area contributed by atoms with E-state index in [1.165, 1.54) is 12.1 Å². The second-order valence-electron chi connectivity index (χ2n) is 6.84. The fraction of sp³-hybridized carbons (Fsp3) is 0.300. The summed E-state index contributed by atoms with van der Waals surface area (Å²) < 4.78 is 21.5. The van der Waals surface area contributed by atoms with E-state index in [0.29, 0.717) is 41.7 Å². The summed E-state index contributed by atoms with van der Waals surface area (Å²) in [5.41, 5.74) is 2.28. The van der Waals surface area contributed by atoms with Crippen molar-refractivity contribution in [1.29, 1.82) is 0 Å². The molecule has 0 bridgehead atoms. The van der Waals surface area contributed by atoms with Gasteiger partial charge in [-0.2, -0.15) is 0 Å². The third-order valence-corrected chi connectivity index (χ3v) is 4.76. The van der Waals surface area contributed by atoms with Crippen molar-refractivity contribution in [2.75, 3.05) is 18.5 Å². The zero-order valence-electron chi connectivity index (χ0n) is 15.4. The second kappa shape index (κ2) is 7.85. The van der Waals surface area contributed by atoms with Crippen LogP contribution >= 0.6 is 0 Å². The molecule has 0 saturated carbocycles. The minimum Gasteiger partial charge on any atom is -0.381 e. The molecule has 1 aliphatic rings. The fourth-order valence-corrected chi connectivity index (χ4v) is 3.22. The predicted molar refractivity (Wildman–Crippen MR) is 101 cm³/mol. The third-order valence-electron chi connectivity index (χ3n) is 4.76. The van der Waals surface area contributed by atoms with Gasteiger partial charge in [-0.1, -0.05) is 5.21 Å². The first-order valence-corrected chi connectivity index (χ1v) is 9.11. The van der Waals surface area contributed by atoms with E-state index in [9.17, 15) is 9.18 Å². The number of aromatic nitrogens is 4. The Morgan fingerprint density at radius 1 is 1.39 bits per heavy atom. The Morgan fingerprint density at radius 3 is 3.07 bits per heavy atom. The molecular weight excluding hydrogens is 361 g/mol. The minimum absolute atomic E-state index is 0.287. The molecule has 1 saturated heterocycles. The van der Waals surface area contributed by atoms with E-state index >= 15 is 0 Å². The van der Waals surface area contributed by atoms with Crippen LogP contribution in [0.15, 0.2) is 42.7 Å². The highest BCUT2D eigenvalue weighted by Gasteiger charge is 2.18. The van der Waals surface area contributed by atoms with Crippen molar-refractivity contribution >= 4 is 11.6 Å². The zero-order valence-corrected chi connectivity index (χ0v) is 15.4. The van der Waals surface area contributed by atoms with Gasteiger partial charge < -0.3 is 10.1 Å². The quantitative estimate of drug-likeness (QED) is 0.734. The van der Waals surface area contributed by atoms with Gasteiger partial charge in [0.05, 0.1) is 18.4 Å². The smallest absolute Gasteiger partial charge is 0.257 e. The van der Waals surface area contributed by atoms with Crippen LogP contribution in [0.5, 0.6) is 0 Å². The number of rotatable bonds is 5. The molecule has 7 nitrogen and oxygen atoms in total. The predicted octanol–water partition coefficient (Wildman–Crippen LogP) is 3.08. The van der Waals surface area contributed by atoms with E-state index in [0.717, 1.165) is 13.0 Å². The van der Waals surface area contributed by atoms with E-state index in [1.807, 2.05) is 0 Å². The minimum atomic E-state index is -0.424. The lowest BCUT2D eigenvalue weighted by Gasteiger charge is -2.09. The summed E-state index contributed by atoms with van der Waals surface area (Å²) >= 11 is 0. The molecule has 0 spiro atoms. The molecular formula is C20H20FN5O2. The lowest BCUT2D eigenvalue weighted by molar-refractivity contribution is 0.102. The van der Waals surface area contributed by atoms with E-state index in [2.05, 4.69) is 20.6 Å². The second-order valence-corrected chi connectivity index (χ2v) is 6.84. The van der Waals surface area contributed by atoms with Crippen LogP contribution < -0.4 is 5.32 Å². The number of hydrogen-bond donors (Lipinski definition) is 1. The number of nitrogens with zero attached hydrogens (tertiary/aromatic N) is 4. The van der Waals surface area contributed by atoms with E-state index in [1.54, 1.807) is 42.2 Å². The number of nitrogens with one attached hydrogen (secondary N) is 1. The molecule has 1 fully saturated rings. The van der Waals surface area contributed by atoms with Crippen LogP contribution in [0.3, 0.4) is 0 Å². The number of hydrogen-bond acceptors (Lipinski definition) is 5. The summed E-state index contributed by atoms with van der Waals surface area (Å²) in [6.07, 6.45) is 4.33. The van der Waals surface area contributed by atoms with Crippen LogP contribution in [0, 0.1) is 18.7 Å². The summed E-state index contributed by atoms with van der Waals surface area (Å²) in [6, 6.07) is 7.78. The Hall–Kier alpha value is -3.13. The van der Waals surface area contributed by atoms with Crippen molar-refractivity contribution < 1.29 is 13.9 Å². The Labute approximate surface area is 161 Å². The topological polar surface area (TPSA) is 81.9 Å². The number of halogens is 1. The number of benzene rings is 1. The molecule has 1 N–H and O–H groups in total. The Bertz CT molecular complexity index is 998. The number of carbonyl (C=O) groups excluding carboxylic acids is 1. The first-order chi connectivity index (χ1) is 13.6. The van der Waals surface area contributed by atoms with Crippen molar-refractivity contribution in [3.63, 3.8) is 0 Å². The molecule has 1 aliphatic heterocycles. The molecule has 1 aromatic carbocycles. The van der Waals surface area contributed by atoms with Gasteiger partial charge in [0.25, 0.3) is 5.91 Å². The number of carbonyl (C=O) groups is 1. The first kappa shape index (κ1) is 18.2. The molecule has 144 valence electrons. The van der Waals surface area contributed by atoms with Crippen molar-refractivity contribution in [2.45, 2.75) is 19.9 Å². The fourth-order valence-electron chi connectivity index (χ4n) is 3.22. The monoisotopic (exact) mass is 381 g/mol. The largest absolute Gasteiger partial charge is 0.381 e. The van der Waals surface area contributed by atoms with Gasteiger partial charge in [-0.05, 0) is 43.7 Å². The summed E-state index contributed by atoms with van der Waals surface area (Å²) in [5.74, 6) is -0.326. The van der Waals surface area contributed by atoms with E-state index in [-0.39, 0.29) is 11.5 Å². The maximum atomic E-state index is 14.4.